The number of amides is 2. The van der Waals surface area contributed by atoms with E-state index in [1.54, 1.807) is 30.1 Å². The van der Waals surface area contributed by atoms with Crippen molar-refractivity contribution in [3.8, 4) is 0 Å². The molecule has 1 aliphatic carbocycles. The molecule has 6 nitrogen and oxygen atoms in total. The van der Waals surface area contributed by atoms with E-state index in [0.717, 1.165) is 23.1 Å². The number of fused-ring (bicyclic) bond motifs is 1. The topological polar surface area (TPSA) is 66.7 Å². The highest BCUT2D eigenvalue weighted by Gasteiger charge is 2.33. The summed E-state index contributed by atoms with van der Waals surface area (Å²) in [5.74, 6) is -0.185. The molecule has 1 N–H and O–H groups in total. The van der Waals surface area contributed by atoms with Crippen LogP contribution in [0.25, 0.3) is 10.2 Å². The fraction of sp³-hybridized carbons (Fsp3) is 0.250. The van der Waals surface area contributed by atoms with Crippen LogP contribution in [0.15, 0.2) is 53.6 Å². The lowest BCUT2D eigenvalue weighted by molar-refractivity contribution is -0.119. The Bertz CT molecular complexity index is 1090. The van der Waals surface area contributed by atoms with E-state index in [2.05, 4.69) is 10.5 Å². The van der Waals surface area contributed by atoms with Crippen LogP contribution in [-0.2, 0) is 11.8 Å². The van der Waals surface area contributed by atoms with Gasteiger partial charge in [-0.05, 0) is 37.1 Å². The van der Waals surface area contributed by atoms with Gasteiger partial charge in [-0.1, -0.05) is 35.6 Å². The molecule has 1 aromatic heterocycles. The van der Waals surface area contributed by atoms with E-state index in [9.17, 15) is 9.59 Å². The number of benzene rings is 2. The predicted molar refractivity (Wildman–Crippen MR) is 106 cm³/mol. The van der Waals surface area contributed by atoms with Crippen molar-refractivity contribution in [2.24, 2.45) is 18.1 Å². The van der Waals surface area contributed by atoms with E-state index >= 15 is 0 Å². The number of rotatable bonds is 4. The fourth-order valence-corrected chi connectivity index (χ4v) is 4.01. The number of para-hydroxylation sites is 2. The Labute approximate surface area is 160 Å². The molecule has 1 fully saturated rings. The molecule has 0 radical (unpaired) electrons. The molecule has 0 unspecified atom stereocenters. The van der Waals surface area contributed by atoms with Crippen molar-refractivity contribution in [2.45, 2.75) is 12.8 Å². The summed E-state index contributed by atoms with van der Waals surface area (Å²) in [7, 11) is 3.63. The maximum Gasteiger partial charge on any atom is 0.273 e. The summed E-state index contributed by atoms with van der Waals surface area (Å²) in [6.45, 7) is 0. The number of aromatic nitrogens is 1. The van der Waals surface area contributed by atoms with Gasteiger partial charge in [-0.2, -0.15) is 0 Å². The SMILES string of the molecule is CN(C(=O)C1CC1)c1ccccc1C(=O)N/N=c1/sc2ccccc2n1C. The number of carbonyl (C=O) groups excluding carboxylic acids is 2. The third kappa shape index (κ3) is 3.38. The lowest BCUT2D eigenvalue weighted by Gasteiger charge is -2.19. The maximum absolute atomic E-state index is 12.7. The standard InChI is InChI=1S/C20H20N4O2S/c1-23(19(26)13-11-12-13)15-8-4-3-7-14(15)18(25)21-22-20-24(2)16-9-5-6-10-17(16)27-20/h3-10,13H,11-12H2,1-2H3,(H,21,25)/b22-20+. The third-order valence-corrected chi connectivity index (χ3v) is 5.85. The minimum Gasteiger partial charge on any atom is -0.318 e. The summed E-state index contributed by atoms with van der Waals surface area (Å²) < 4.78 is 3.04. The molecule has 1 saturated carbocycles. The van der Waals surface area contributed by atoms with Crippen LogP contribution in [0.1, 0.15) is 23.2 Å². The van der Waals surface area contributed by atoms with Gasteiger partial charge in [0.05, 0.1) is 21.5 Å². The molecule has 2 aromatic carbocycles. The van der Waals surface area contributed by atoms with Gasteiger partial charge in [0.15, 0.2) is 0 Å². The lowest BCUT2D eigenvalue weighted by atomic mass is 10.1. The Morgan fingerprint density at radius 3 is 2.59 bits per heavy atom. The average Bonchev–Trinajstić information content (AvgIpc) is 3.50. The Balaban J connectivity index is 1.61. The zero-order chi connectivity index (χ0) is 19.0. The average molecular weight is 380 g/mol. The van der Waals surface area contributed by atoms with Gasteiger partial charge in [-0.3, -0.25) is 9.59 Å². The van der Waals surface area contributed by atoms with Gasteiger partial charge in [0.25, 0.3) is 5.91 Å². The molecule has 138 valence electrons. The Kier molecular flexibility index (Phi) is 4.53. The van der Waals surface area contributed by atoms with Crippen LogP contribution in [0.2, 0.25) is 0 Å². The van der Waals surface area contributed by atoms with Gasteiger partial charge in [0, 0.05) is 20.0 Å². The van der Waals surface area contributed by atoms with Crippen LogP contribution >= 0.6 is 11.3 Å². The zero-order valence-electron chi connectivity index (χ0n) is 15.2. The van der Waals surface area contributed by atoms with Gasteiger partial charge in [-0.15, -0.1) is 5.10 Å². The number of aryl methyl sites for hydroxylation is 1. The Hall–Kier alpha value is -2.93. The molecule has 3 aromatic rings. The first-order valence-electron chi connectivity index (χ1n) is 8.81. The smallest absolute Gasteiger partial charge is 0.273 e. The van der Waals surface area contributed by atoms with Crippen molar-refractivity contribution < 1.29 is 9.59 Å². The Morgan fingerprint density at radius 2 is 1.85 bits per heavy atom. The summed E-state index contributed by atoms with van der Waals surface area (Å²) in [6, 6.07) is 15.1. The van der Waals surface area contributed by atoms with Gasteiger partial charge in [0.1, 0.15) is 0 Å². The highest BCUT2D eigenvalue weighted by molar-refractivity contribution is 7.16. The predicted octanol–water partition coefficient (Wildman–Crippen LogP) is 2.86. The molecule has 0 aliphatic heterocycles. The highest BCUT2D eigenvalue weighted by Crippen LogP contribution is 2.33. The molecule has 0 bridgehead atoms. The number of hydrogen-bond donors (Lipinski definition) is 1. The van der Waals surface area contributed by atoms with Gasteiger partial charge in [-0.25, -0.2) is 5.43 Å². The number of carbonyl (C=O) groups is 2. The van der Waals surface area contributed by atoms with E-state index in [1.807, 2.05) is 41.9 Å². The summed E-state index contributed by atoms with van der Waals surface area (Å²) in [5.41, 5.74) is 4.73. The molecule has 0 saturated heterocycles. The first-order valence-corrected chi connectivity index (χ1v) is 9.63. The number of thiazole rings is 1. The van der Waals surface area contributed by atoms with Crippen LogP contribution in [0.4, 0.5) is 5.69 Å². The molecule has 1 aliphatic rings. The Morgan fingerprint density at radius 1 is 1.15 bits per heavy atom. The summed E-state index contributed by atoms with van der Waals surface area (Å²) >= 11 is 1.51. The number of hydrogen-bond acceptors (Lipinski definition) is 4. The molecule has 7 heteroatoms. The fourth-order valence-electron chi connectivity index (χ4n) is 3.03. The van der Waals surface area contributed by atoms with Crippen molar-refractivity contribution >= 4 is 39.1 Å². The van der Waals surface area contributed by atoms with Gasteiger partial charge < -0.3 is 9.47 Å². The molecule has 4 rings (SSSR count). The molecular formula is C20H20N4O2S. The molecule has 0 spiro atoms. The summed E-state index contributed by atoms with van der Waals surface area (Å²) in [6.07, 6.45) is 1.85. The van der Waals surface area contributed by atoms with Crippen LogP contribution in [0.3, 0.4) is 0 Å². The van der Waals surface area contributed by atoms with Crippen LogP contribution in [0, 0.1) is 5.92 Å². The summed E-state index contributed by atoms with van der Waals surface area (Å²) in [4.78, 5) is 27.4. The van der Waals surface area contributed by atoms with E-state index in [0.29, 0.717) is 16.1 Å². The van der Waals surface area contributed by atoms with Crippen LogP contribution in [-0.4, -0.2) is 23.4 Å². The quantitative estimate of drug-likeness (QED) is 0.707. The molecule has 0 atom stereocenters. The first kappa shape index (κ1) is 17.5. The number of anilines is 1. The molecular weight excluding hydrogens is 360 g/mol. The number of nitrogens with zero attached hydrogens (tertiary/aromatic N) is 3. The second-order valence-electron chi connectivity index (χ2n) is 6.65. The lowest BCUT2D eigenvalue weighted by Crippen LogP contribution is -2.31. The van der Waals surface area contributed by atoms with E-state index in [1.165, 1.54) is 11.3 Å². The van der Waals surface area contributed by atoms with Gasteiger partial charge in [0.2, 0.25) is 10.7 Å². The van der Waals surface area contributed by atoms with Crippen LogP contribution in [0.5, 0.6) is 0 Å². The second kappa shape index (κ2) is 7.00. The monoisotopic (exact) mass is 380 g/mol. The van der Waals surface area contributed by atoms with Crippen molar-refractivity contribution in [2.75, 3.05) is 11.9 Å². The van der Waals surface area contributed by atoms with E-state index in [4.69, 9.17) is 0 Å². The largest absolute Gasteiger partial charge is 0.318 e. The normalized spacial score (nSPS) is 14.4. The number of nitrogens with one attached hydrogen (secondary N) is 1. The zero-order valence-corrected chi connectivity index (χ0v) is 16.0. The third-order valence-electron chi connectivity index (χ3n) is 4.74. The maximum atomic E-state index is 12.7. The highest BCUT2D eigenvalue weighted by atomic mass is 32.1. The second-order valence-corrected chi connectivity index (χ2v) is 7.66. The van der Waals surface area contributed by atoms with Crippen molar-refractivity contribution in [3.05, 3.63) is 58.9 Å². The molecule has 27 heavy (non-hydrogen) atoms. The molecule has 2 amide bonds. The van der Waals surface area contributed by atoms with Crippen LogP contribution < -0.4 is 15.1 Å². The minimum atomic E-state index is -0.335. The van der Waals surface area contributed by atoms with E-state index < -0.39 is 0 Å². The minimum absolute atomic E-state index is 0.0584. The van der Waals surface area contributed by atoms with Crippen molar-refractivity contribution in [1.29, 1.82) is 0 Å². The van der Waals surface area contributed by atoms with Gasteiger partial charge >= 0.3 is 0 Å². The van der Waals surface area contributed by atoms with E-state index in [-0.39, 0.29) is 17.7 Å². The van der Waals surface area contributed by atoms with Crippen molar-refractivity contribution in [3.63, 3.8) is 0 Å². The summed E-state index contributed by atoms with van der Waals surface area (Å²) in [5, 5.41) is 4.29. The first-order chi connectivity index (χ1) is 13.1. The van der Waals surface area contributed by atoms with Crippen molar-refractivity contribution in [1.82, 2.24) is 9.99 Å². The molecule has 1 heterocycles.